The van der Waals surface area contributed by atoms with E-state index in [1.54, 1.807) is 37.6 Å². The number of carbonyl (C=O) groups excluding carboxylic acids is 2. The summed E-state index contributed by atoms with van der Waals surface area (Å²) in [5, 5.41) is 8.59. The van der Waals surface area contributed by atoms with Crippen LogP contribution in [-0.4, -0.2) is 43.6 Å². The van der Waals surface area contributed by atoms with Gasteiger partial charge in [-0.25, -0.2) is 8.78 Å². The first-order valence-corrected chi connectivity index (χ1v) is 13.5. The quantitative estimate of drug-likeness (QED) is 0.242. The molecule has 42 heavy (non-hydrogen) atoms. The number of anilines is 1. The number of ether oxygens (including phenoxy) is 3. The summed E-state index contributed by atoms with van der Waals surface area (Å²) in [6.45, 7) is 2.35. The monoisotopic (exact) mass is 576 g/mol. The van der Waals surface area contributed by atoms with Crippen molar-refractivity contribution in [3.8, 4) is 23.0 Å². The Balaban J connectivity index is 1.25. The Morgan fingerprint density at radius 3 is 2.50 bits per heavy atom. The lowest BCUT2D eigenvalue weighted by molar-refractivity contribution is -0.136. The molecule has 1 saturated heterocycles. The zero-order valence-corrected chi connectivity index (χ0v) is 22.9. The molecule has 11 heteroatoms. The second kappa shape index (κ2) is 13.3. The van der Waals surface area contributed by atoms with Crippen LogP contribution in [0.2, 0.25) is 0 Å². The fourth-order valence-corrected chi connectivity index (χ4v) is 4.61. The van der Waals surface area contributed by atoms with Crippen molar-refractivity contribution < 1.29 is 32.6 Å². The summed E-state index contributed by atoms with van der Waals surface area (Å²) in [4.78, 5) is 28.8. The lowest BCUT2D eigenvalue weighted by Gasteiger charge is -2.23. The van der Waals surface area contributed by atoms with Crippen LogP contribution < -0.4 is 30.2 Å². The summed E-state index contributed by atoms with van der Waals surface area (Å²) < 4.78 is 46.3. The standard InChI is InChI=1S/C31H30F2N4O5/c1-40-28-15-22-25(16-29(28)41-18-19-8-11-34-12-9-19)35-13-10-26(22)42-27-7-6-21(14-24(27)33)37-31(39)30(38)36-17-20-4-2-3-5-23(20)32/h2-7,10,13-16,19,34H,8-9,11-12,17-18H2,1H3,(H,36,38)(H,37,39). The van der Waals surface area contributed by atoms with Gasteiger partial charge in [0.25, 0.3) is 0 Å². The molecule has 0 bridgehead atoms. The second-order valence-electron chi connectivity index (χ2n) is 9.81. The first-order chi connectivity index (χ1) is 20.4. The van der Waals surface area contributed by atoms with E-state index in [1.165, 1.54) is 30.3 Å². The van der Waals surface area contributed by atoms with E-state index < -0.39 is 23.4 Å². The molecule has 4 aromatic rings. The van der Waals surface area contributed by atoms with E-state index in [0.717, 1.165) is 32.0 Å². The number of benzene rings is 3. The predicted octanol–water partition coefficient (Wildman–Crippen LogP) is 4.95. The first kappa shape index (κ1) is 28.7. The smallest absolute Gasteiger partial charge is 0.313 e. The van der Waals surface area contributed by atoms with E-state index in [9.17, 15) is 14.0 Å². The van der Waals surface area contributed by atoms with Gasteiger partial charge in [0, 0.05) is 41.5 Å². The molecule has 218 valence electrons. The molecule has 3 N–H and O–H groups in total. The molecule has 1 aromatic heterocycles. The minimum atomic E-state index is -1.02. The van der Waals surface area contributed by atoms with Gasteiger partial charge in [-0.1, -0.05) is 18.2 Å². The molecule has 1 fully saturated rings. The van der Waals surface area contributed by atoms with E-state index in [4.69, 9.17) is 14.2 Å². The average Bonchev–Trinajstić information content (AvgIpc) is 3.01. The minimum Gasteiger partial charge on any atom is -0.493 e. The van der Waals surface area contributed by atoms with Gasteiger partial charge in [-0.05, 0) is 62.2 Å². The van der Waals surface area contributed by atoms with Crippen LogP contribution in [0.4, 0.5) is 14.5 Å². The number of fused-ring (bicyclic) bond motifs is 1. The maximum absolute atomic E-state index is 15.0. The van der Waals surface area contributed by atoms with E-state index in [2.05, 4.69) is 20.9 Å². The molecule has 1 aliphatic rings. The number of piperidine rings is 1. The van der Waals surface area contributed by atoms with E-state index in [1.807, 2.05) is 0 Å². The third-order valence-corrected chi connectivity index (χ3v) is 6.93. The van der Waals surface area contributed by atoms with Gasteiger partial charge in [0.15, 0.2) is 23.1 Å². The molecule has 0 spiro atoms. The average molecular weight is 577 g/mol. The van der Waals surface area contributed by atoms with Gasteiger partial charge < -0.3 is 30.2 Å². The topological polar surface area (TPSA) is 111 Å². The van der Waals surface area contributed by atoms with Gasteiger partial charge in [0.05, 0.1) is 19.2 Å². The number of methoxy groups -OCH3 is 1. The Kier molecular flexibility index (Phi) is 9.08. The highest BCUT2D eigenvalue weighted by Crippen LogP contribution is 2.38. The molecular formula is C31H30F2N4O5. The maximum Gasteiger partial charge on any atom is 0.313 e. The van der Waals surface area contributed by atoms with Gasteiger partial charge >= 0.3 is 11.8 Å². The van der Waals surface area contributed by atoms with Crippen LogP contribution in [0.5, 0.6) is 23.0 Å². The molecule has 2 heterocycles. The molecule has 2 amide bonds. The van der Waals surface area contributed by atoms with Crippen LogP contribution in [0.1, 0.15) is 18.4 Å². The van der Waals surface area contributed by atoms with E-state index in [0.29, 0.717) is 40.7 Å². The third kappa shape index (κ3) is 6.92. The fraction of sp³-hybridized carbons (Fsp3) is 0.258. The van der Waals surface area contributed by atoms with Crippen LogP contribution in [0.15, 0.2) is 66.9 Å². The van der Waals surface area contributed by atoms with Crippen molar-refractivity contribution in [2.24, 2.45) is 5.92 Å². The molecule has 9 nitrogen and oxygen atoms in total. The number of nitrogens with zero attached hydrogens (tertiary/aromatic N) is 1. The van der Waals surface area contributed by atoms with Crippen molar-refractivity contribution in [1.82, 2.24) is 15.6 Å². The number of aromatic nitrogens is 1. The van der Waals surface area contributed by atoms with Crippen molar-refractivity contribution in [2.75, 3.05) is 32.1 Å². The van der Waals surface area contributed by atoms with Crippen molar-refractivity contribution in [3.63, 3.8) is 0 Å². The predicted molar refractivity (Wildman–Crippen MR) is 153 cm³/mol. The lowest BCUT2D eigenvalue weighted by atomic mass is 9.99. The van der Waals surface area contributed by atoms with Crippen LogP contribution >= 0.6 is 0 Å². The largest absolute Gasteiger partial charge is 0.493 e. The van der Waals surface area contributed by atoms with Crippen molar-refractivity contribution in [2.45, 2.75) is 19.4 Å². The van der Waals surface area contributed by atoms with Crippen LogP contribution in [0, 0.1) is 17.6 Å². The lowest BCUT2D eigenvalue weighted by Crippen LogP contribution is -2.35. The molecule has 3 aromatic carbocycles. The number of carbonyl (C=O) groups is 2. The summed E-state index contributed by atoms with van der Waals surface area (Å²) in [6.07, 6.45) is 3.64. The van der Waals surface area contributed by atoms with E-state index >= 15 is 4.39 Å². The number of hydrogen-bond donors (Lipinski definition) is 3. The molecular weight excluding hydrogens is 546 g/mol. The fourth-order valence-electron chi connectivity index (χ4n) is 4.61. The minimum absolute atomic E-state index is 0.0442. The molecule has 0 radical (unpaired) electrons. The van der Waals surface area contributed by atoms with E-state index in [-0.39, 0.29) is 23.5 Å². The molecule has 0 atom stereocenters. The van der Waals surface area contributed by atoms with Crippen LogP contribution in [0.3, 0.4) is 0 Å². The normalized spacial score (nSPS) is 13.4. The zero-order chi connectivity index (χ0) is 29.5. The summed E-state index contributed by atoms with van der Waals surface area (Å²) in [6, 6.07) is 14.8. The highest BCUT2D eigenvalue weighted by molar-refractivity contribution is 6.39. The summed E-state index contributed by atoms with van der Waals surface area (Å²) >= 11 is 0. The molecule has 5 rings (SSSR count). The Labute approximate surface area is 241 Å². The highest BCUT2D eigenvalue weighted by atomic mass is 19.1. The Hall–Kier alpha value is -4.77. The Bertz CT molecular complexity index is 1590. The highest BCUT2D eigenvalue weighted by Gasteiger charge is 2.18. The molecule has 1 aliphatic heterocycles. The van der Waals surface area contributed by atoms with Gasteiger partial charge in [-0.15, -0.1) is 0 Å². The molecule has 0 saturated carbocycles. The molecule has 0 unspecified atom stereocenters. The number of halogens is 2. The number of amides is 2. The summed E-state index contributed by atoms with van der Waals surface area (Å²) in [5.74, 6) is -1.52. The SMILES string of the molecule is COc1cc2c(Oc3ccc(NC(=O)C(=O)NCc4ccccc4F)cc3F)ccnc2cc1OCC1CCNCC1. The van der Waals surface area contributed by atoms with Crippen molar-refractivity contribution in [3.05, 3.63) is 84.1 Å². The van der Waals surface area contributed by atoms with Gasteiger partial charge in [0.1, 0.15) is 11.6 Å². The summed E-state index contributed by atoms with van der Waals surface area (Å²) in [5.41, 5.74) is 0.857. The van der Waals surface area contributed by atoms with Gasteiger partial charge in [0.2, 0.25) is 0 Å². The van der Waals surface area contributed by atoms with Crippen molar-refractivity contribution >= 4 is 28.4 Å². The number of hydrogen-bond acceptors (Lipinski definition) is 7. The first-order valence-electron chi connectivity index (χ1n) is 13.5. The van der Waals surface area contributed by atoms with Crippen molar-refractivity contribution in [1.29, 1.82) is 0 Å². The number of rotatable bonds is 9. The van der Waals surface area contributed by atoms with Crippen LogP contribution in [-0.2, 0) is 16.1 Å². The maximum atomic E-state index is 15.0. The second-order valence-corrected chi connectivity index (χ2v) is 9.81. The van der Waals surface area contributed by atoms with Gasteiger partial charge in [-0.3, -0.25) is 14.6 Å². The Morgan fingerprint density at radius 2 is 1.74 bits per heavy atom. The van der Waals surface area contributed by atoms with Gasteiger partial charge in [-0.2, -0.15) is 0 Å². The summed E-state index contributed by atoms with van der Waals surface area (Å²) in [7, 11) is 1.54. The number of nitrogens with one attached hydrogen (secondary N) is 3. The number of pyridine rings is 1. The zero-order valence-electron chi connectivity index (χ0n) is 22.9. The van der Waals surface area contributed by atoms with Crippen LogP contribution in [0.25, 0.3) is 10.9 Å². The third-order valence-electron chi connectivity index (χ3n) is 6.93. The molecule has 0 aliphatic carbocycles. The Morgan fingerprint density at radius 1 is 0.929 bits per heavy atom.